The van der Waals surface area contributed by atoms with Gasteiger partial charge in [-0.2, -0.15) is 0 Å². The Bertz CT molecular complexity index is 408. The normalized spacial score (nSPS) is 30.0. The lowest BCUT2D eigenvalue weighted by Crippen LogP contribution is -2.48. The fraction of sp³-hybridized carbons (Fsp3) is 0.944. The van der Waals surface area contributed by atoms with Crippen molar-refractivity contribution in [2.24, 2.45) is 17.3 Å². The molecule has 1 N–H and O–H groups in total. The first kappa shape index (κ1) is 18.8. The zero-order valence-corrected chi connectivity index (χ0v) is 15.7. The van der Waals surface area contributed by atoms with E-state index in [2.05, 4.69) is 39.9 Å². The Labute approximate surface area is 142 Å². The molecule has 1 heterocycles. The number of amides is 1. The molecule has 4 nitrogen and oxygen atoms in total. The lowest BCUT2D eigenvalue weighted by atomic mass is 9.72. The molecule has 23 heavy (non-hydrogen) atoms. The van der Waals surface area contributed by atoms with Gasteiger partial charge in [0.25, 0.3) is 0 Å². The molecule has 3 unspecified atom stereocenters. The summed E-state index contributed by atoms with van der Waals surface area (Å²) in [6.07, 6.45) is 5.95. The standard InChI is InChI=1S/C18H34BNO3/c1-12(2)11-16(20-13(3)21)19-22-15-10-8-7-9-14(17(15)23-19)18(4,5)6/h12,14-17H,7-11H2,1-6H3,(H,20,21)/t14?,15?,16?,17-/m0/s1. The van der Waals surface area contributed by atoms with Gasteiger partial charge >= 0.3 is 7.12 Å². The molecule has 0 bridgehead atoms. The van der Waals surface area contributed by atoms with E-state index >= 15 is 0 Å². The topological polar surface area (TPSA) is 47.6 Å². The molecule has 5 heteroatoms. The molecule has 2 aliphatic rings. The van der Waals surface area contributed by atoms with Gasteiger partial charge in [0.05, 0.1) is 18.1 Å². The number of rotatable bonds is 4. The van der Waals surface area contributed by atoms with Crippen molar-refractivity contribution < 1.29 is 14.1 Å². The maximum atomic E-state index is 11.6. The summed E-state index contributed by atoms with van der Waals surface area (Å²) in [4.78, 5) is 11.6. The minimum absolute atomic E-state index is 0.0117. The Hall–Kier alpha value is -0.545. The average Bonchev–Trinajstić information content (AvgIpc) is 2.69. The molecule has 4 atom stereocenters. The van der Waals surface area contributed by atoms with Gasteiger partial charge in [-0.3, -0.25) is 4.79 Å². The van der Waals surface area contributed by atoms with Crippen molar-refractivity contribution in [3.63, 3.8) is 0 Å². The predicted molar refractivity (Wildman–Crippen MR) is 94.0 cm³/mol. The van der Waals surface area contributed by atoms with Crippen LogP contribution in [0, 0.1) is 17.3 Å². The van der Waals surface area contributed by atoms with Crippen LogP contribution in [-0.4, -0.2) is 31.2 Å². The second-order valence-electron chi connectivity index (χ2n) is 8.84. The molecule has 0 spiro atoms. The molecular formula is C18H34BNO3. The van der Waals surface area contributed by atoms with Crippen molar-refractivity contribution in [2.45, 2.75) is 91.8 Å². The highest BCUT2D eigenvalue weighted by molar-refractivity contribution is 6.47. The van der Waals surface area contributed by atoms with Gasteiger partial charge in [-0.15, -0.1) is 0 Å². The van der Waals surface area contributed by atoms with Gasteiger partial charge < -0.3 is 14.6 Å². The number of nitrogens with one attached hydrogen (secondary N) is 1. The van der Waals surface area contributed by atoms with E-state index in [0.717, 1.165) is 12.8 Å². The second kappa shape index (κ2) is 7.56. The molecule has 1 aliphatic heterocycles. The van der Waals surface area contributed by atoms with Crippen LogP contribution in [0.3, 0.4) is 0 Å². The van der Waals surface area contributed by atoms with Gasteiger partial charge in [-0.1, -0.05) is 47.5 Å². The SMILES string of the molecule is CC(=O)NC(CC(C)C)B1OC2CCCCC(C(C)(C)C)[C@@H]2O1. The van der Waals surface area contributed by atoms with E-state index in [1.807, 2.05) is 0 Å². The van der Waals surface area contributed by atoms with E-state index in [4.69, 9.17) is 9.31 Å². The molecule has 0 radical (unpaired) electrons. The third kappa shape index (κ3) is 4.96. The average molecular weight is 323 g/mol. The minimum atomic E-state index is -0.306. The van der Waals surface area contributed by atoms with Crippen molar-refractivity contribution in [3.8, 4) is 0 Å². The van der Waals surface area contributed by atoms with Gasteiger partial charge in [-0.25, -0.2) is 0 Å². The van der Waals surface area contributed by atoms with Gasteiger partial charge in [0.1, 0.15) is 0 Å². The lowest BCUT2D eigenvalue weighted by molar-refractivity contribution is -0.119. The molecule has 132 valence electrons. The molecule has 1 aliphatic carbocycles. The molecule has 2 fully saturated rings. The summed E-state index contributed by atoms with van der Waals surface area (Å²) in [5.41, 5.74) is 0.215. The van der Waals surface area contributed by atoms with Crippen LogP contribution in [-0.2, 0) is 14.1 Å². The second-order valence-corrected chi connectivity index (χ2v) is 8.84. The summed E-state index contributed by atoms with van der Waals surface area (Å²) in [6.45, 7) is 12.8. The van der Waals surface area contributed by atoms with Gasteiger partial charge in [0.15, 0.2) is 0 Å². The largest absolute Gasteiger partial charge is 0.481 e. The van der Waals surface area contributed by atoms with Crippen LogP contribution in [0.1, 0.15) is 73.6 Å². The molecule has 0 aromatic rings. The number of carbonyl (C=O) groups is 1. The summed E-state index contributed by atoms with van der Waals surface area (Å²) in [5, 5.41) is 3.04. The Morgan fingerprint density at radius 2 is 1.87 bits per heavy atom. The Morgan fingerprint density at radius 3 is 2.43 bits per heavy atom. The van der Waals surface area contributed by atoms with Crippen molar-refractivity contribution in [1.29, 1.82) is 0 Å². The van der Waals surface area contributed by atoms with Gasteiger partial charge in [0.2, 0.25) is 5.91 Å². The van der Waals surface area contributed by atoms with Crippen LogP contribution in [0.15, 0.2) is 0 Å². The van der Waals surface area contributed by atoms with E-state index in [0.29, 0.717) is 11.8 Å². The van der Waals surface area contributed by atoms with Crippen molar-refractivity contribution in [3.05, 3.63) is 0 Å². The summed E-state index contributed by atoms with van der Waals surface area (Å²) < 4.78 is 12.7. The third-order valence-corrected chi connectivity index (χ3v) is 5.17. The maximum Gasteiger partial charge on any atom is 0.481 e. The monoisotopic (exact) mass is 323 g/mol. The molecule has 1 saturated carbocycles. The molecule has 1 amide bonds. The summed E-state index contributed by atoms with van der Waals surface area (Å²) in [7, 11) is -0.306. The third-order valence-electron chi connectivity index (χ3n) is 5.17. The number of hydrogen-bond donors (Lipinski definition) is 1. The minimum Gasteiger partial charge on any atom is -0.404 e. The lowest BCUT2D eigenvalue weighted by Gasteiger charge is -2.36. The highest BCUT2D eigenvalue weighted by Gasteiger charge is 2.50. The predicted octanol–water partition coefficient (Wildman–Crippen LogP) is 3.58. The van der Waals surface area contributed by atoms with Crippen LogP contribution in [0.4, 0.5) is 0 Å². The number of carbonyl (C=O) groups excluding carboxylic acids is 1. The Morgan fingerprint density at radius 1 is 1.22 bits per heavy atom. The van der Waals surface area contributed by atoms with E-state index in [1.165, 1.54) is 19.3 Å². The number of fused-ring (bicyclic) bond motifs is 1. The van der Waals surface area contributed by atoms with Crippen LogP contribution >= 0.6 is 0 Å². The quantitative estimate of drug-likeness (QED) is 0.805. The highest BCUT2D eigenvalue weighted by atomic mass is 16.7. The fourth-order valence-electron chi connectivity index (χ4n) is 4.11. The van der Waals surface area contributed by atoms with E-state index < -0.39 is 0 Å². The Kier molecular flexibility index (Phi) is 6.18. The molecule has 0 aromatic carbocycles. The fourth-order valence-corrected chi connectivity index (χ4v) is 4.11. The molecular weight excluding hydrogens is 289 g/mol. The zero-order chi connectivity index (χ0) is 17.2. The zero-order valence-electron chi connectivity index (χ0n) is 15.7. The summed E-state index contributed by atoms with van der Waals surface area (Å²) in [6, 6.07) is 0. The van der Waals surface area contributed by atoms with Crippen LogP contribution < -0.4 is 5.32 Å². The van der Waals surface area contributed by atoms with Gasteiger partial charge in [-0.05, 0) is 36.5 Å². The van der Waals surface area contributed by atoms with Crippen LogP contribution in [0.5, 0.6) is 0 Å². The van der Waals surface area contributed by atoms with Crippen molar-refractivity contribution in [2.75, 3.05) is 0 Å². The van der Waals surface area contributed by atoms with Crippen LogP contribution in [0.25, 0.3) is 0 Å². The highest BCUT2D eigenvalue weighted by Crippen LogP contribution is 2.42. The molecule has 2 rings (SSSR count). The smallest absolute Gasteiger partial charge is 0.404 e. The van der Waals surface area contributed by atoms with E-state index in [1.54, 1.807) is 6.92 Å². The molecule has 1 saturated heterocycles. The first-order chi connectivity index (χ1) is 10.7. The van der Waals surface area contributed by atoms with Crippen LogP contribution in [0.2, 0.25) is 0 Å². The van der Waals surface area contributed by atoms with E-state index in [9.17, 15) is 4.79 Å². The molecule has 0 aromatic heterocycles. The van der Waals surface area contributed by atoms with Gasteiger partial charge in [0, 0.05) is 6.92 Å². The summed E-state index contributed by atoms with van der Waals surface area (Å²) >= 11 is 0. The van der Waals surface area contributed by atoms with Crippen molar-refractivity contribution in [1.82, 2.24) is 5.32 Å². The Balaban J connectivity index is 2.13. The first-order valence-electron chi connectivity index (χ1n) is 9.26. The van der Waals surface area contributed by atoms with Crippen molar-refractivity contribution >= 4 is 13.0 Å². The first-order valence-corrected chi connectivity index (χ1v) is 9.26. The maximum absolute atomic E-state index is 11.6. The van der Waals surface area contributed by atoms with E-state index in [-0.39, 0.29) is 36.6 Å². The summed E-state index contributed by atoms with van der Waals surface area (Å²) in [5.74, 6) is 0.933. The number of hydrogen-bond acceptors (Lipinski definition) is 3.